The topological polar surface area (TPSA) is 86.1 Å². The number of benzene rings is 1. The summed E-state index contributed by atoms with van der Waals surface area (Å²) in [6.07, 6.45) is 6.76. The molecular formula is C22H24N4O3. The van der Waals surface area contributed by atoms with E-state index in [1.807, 2.05) is 36.0 Å². The number of hydrogen-bond acceptors (Lipinski definition) is 5. The number of aryl methyl sites for hydroxylation is 1. The number of hydrogen-bond donors (Lipinski definition) is 1. The SMILES string of the molecule is COc1cc2nn([C@H]3CC[C@H](C=O)CC3)cc2cc1NC(=O)c1cccc(C)n1. The second-order valence-electron chi connectivity index (χ2n) is 7.54. The molecule has 0 spiro atoms. The van der Waals surface area contributed by atoms with Crippen molar-refractivity contribution in [2.45, 2.75) is 38.6 Å². The minimum absolute atomic E-state index is 0.174. The van der Waals surface area contributed by atoms with Crippen LogP contribution in [0, 0.1) is 12.8 Å². The Kier molecular flexibility index (Phi) is 5.29. The van der Waals surface area contributed by atoms with E-state index in [9.17, 15) is 9.59 Å². The average Bonchev–Trinajstić information content (AvgIpc) is 3.16. The first-order valence-electron chi connectivity index (χ1n) is 9.84. The van der Waals surface area contributed by atoms with Crippen molar-refractivity contribution in [3.8, 4) is 5.75 Å². The smallest absolute Gasteiger partial charge is 0.274 e. The molecule has 0 saturated heterocycles. The van der Waals surface area contributed by atoms with Crippen LogP contribution in [0.4, 0.5) is 5.69 Å². The molecule has 1 amide bonds. The second kappa shape index (κ2) is 8.03. The van der Waals surface area contributed by atoms with Gasteiger partial charge in [-0.25, -0.2) is 4.98 Å². The summed E-state index contributed by atoms with van der Waals surface area (Å²) in [5, 5.41) is 8.53. The molecule has 1 fully saturated rings. The molecule has 4 rings (SSSR count). The van der Waals surface area contributed by atoms with Crippen LogP contribution in [0.25, 0.3) is 10.9 Å². The summed E-state index contributed by atoms with van der Waals surface area (Å²) < 4.78 is 7.46. The molecular weight excluding hydrogens is 368 g/mol. The van der Waals surface area contributed by atoms with Crippen molar-refractivity contribution in [3.63, 3.8) is 0 Å². The zero-order valence-corrected chi connectivity index (χ0v) is 16.6. The Labute approximate surface area is 169 Å². The largest absolute Gasteiger partial charge is 0.494 e. The van der Waals surface area contributed by atoms with Crippen LogP contribution in [-0.2, 0) is 4.79 Å². The summed E-state index contributed by atoms with van der Waals surface area (Å²) in [6.45, 7) is 1.85. The van der Waals surface area contributed by atoms with E-state index in [0.29, 0.717) is 23.2 Å². The van der Waals surface area contributed by atoms with E-state index in [2.05, 4.69) is 10.3 Å². The van der Waals surface area contributed by atoms with Gasteiger partial charge in [-0.1, -0.05) is 6.07 Å². The highest BCUT2D eigenvalue weighted by Crippen LogP contribution is 2.34. The molecule has 0 radical (unpaired) electrons. The first kappa shape index (κ1) is 19.1. The number of aromatic nitrogens is 3. The minimum Gasteiger partial charge on any atom is -0.494 e. The van der Waals surface area contributed by atoms with Gasteiger partial charge < -0.3 is 14.8 Å². The van der Waals surface area contributed by atoms with Crippen LogP contribution < -0.4 is 10.1 Å². The molecule has 2 aromatic heterocycles. The Morgan fingerprint density at radius 3 is 2.72 bits per heavy atom. The number of amides is 1. The third kappa shape index (κ3) is 3.99. The molecule has 1 saturated carbocycles. The normalized spacial score (nSPS) is 19.1. The van der Waals surface area contributed by atoms with Crippen molar-refractivity contribution in [2.75, 3.05) is 12.4 Å². The molecule has 29 heavy (non-hydrogen) atoms. The molecule has 1 aromatic carbocycles. The Morgan fingerprint density at radius 2 is 2.03 bits per heavy atom. The van der Waals surface area contributed by atoms with Crippen molar-refractivity contribution in [1.29, 1.82) is 0 Å². The number of anilines is 1. The number of pyridine rings is 1. The molecule has 0 atom stereocenters. The molecule has 7 nitrogen and oxygen atoms in total. The number of nitrogens with one attached hydrogen (secondary N) is 1. The van der Waals surface area contributed by atoms with Crippen molar-refractivity contribution in [3.05, 3.63) is 47.9 Å². The number of methoxy groups -OCH3 is 1. The summed E-state index contributed by atoms with van der Waals surface area (Å²) in [4.78, 5) is 27.9. The fourth-order valence-corrected chi connectivity index (χ4v) is 3.88. The van der Waals surface area contributed by atoms with Gasteiger partial charge in [-0.05, 0) is 50.8 Å². The Hall–Kier alpha value is -3.22. The predicted molar refractivity (Wildman–Crippen MR) is 110 cm³/mol. The van der Waals surface area contributed by atoms with Crippen LogP contribution in [0.15, 0.2) is 36.5 Å². The van der Waals surface area contributed by atoms with E-state index >= 15 is 0 Å². The monoisotopic (exact) mass is 392 g/mol. The zero-order valence-electron chi connectivity index (χ0n) is 16.6. The van der Waals surface area contributed by atoms with E-state index in [4.69, 9.17) is 9.84 Å². The van der Waals surface area contributed by atoms with E-state index in [1.54, 1.807) is 19.2 Å². The van der Waals surface area contributed by atoms with Gasteiger partial charge in [-0.2, -0.15) is 5.10 Å². The fourth-order valence-electron chi connectivity index (χ4n) is 3.88. The van der Waals surface area contributed by atoms with Gasteiger partial charge in [0, 0.05) is 29.3 Å². The van der Waals surface area contributed by atoms with Crippen LogP contribution >= 0.6 is 0 Å². The molecule has 1 N–H and O–H groups in total. The number of rotatable bonds is 5. The summed E-state index contributed by atoms with van der Waals surface area (Å²) in [5.41, 5.74) is 2.53. The summed E-state index contributed by atoms with van der Waals surface area (Å²) >= 11 is 0. The van der Waals surface area contributed by atoms with Crippen LogP contribution in [0.3, 0.4) is 0 Å². The molecule has 0 bridgehead atoms. The molecule has 0 aliphatic heterocycles. The number of carbonyl (C=O) groups excluding carboxylic acids is 2. The van der Waals surface area contributed by atoms with Crippen molar-refractivity contribution >= 4 is 28.8 Å². The molecule has 1 aliphatic rings. The maximum atomic E-state index is 12.6. The first-order valence-corrected chi connectivity index (χ1v) is 9.84. The number of nitrogens with zero attached hydrogens (tertiary/aromatic N) is 3. The lowest BCUT2D eigenvalue weighted by Crippen LogP contribution is -2.19. The maximum absolute atomic E-state index is 12.6. The van der Waals surface area contributed by atoms with Gasteiger partial charge >= 0.3 is 0 Å². The Morgan fingerprint density at radius 1 is 1.24 bits per heavy atom. The molecule has 150 valence electrons. The van der Waals surface area contributed by atoms with Crippen LogP contribution in [0.2, 0.25) is 0 Å². The van der Waals surface area contributed by atoms with Crippen molar-refractivity contribution in [2.24, 2.45) is 5.92 Å². The molecule has 1 aliphatic carbocycles. The van der Waals surface area contributed by atoms with Gasteiger partial charge in [-0.15, -0.1) is 0 Å². The lowest BCUT2D eigenvalue weighted by molar-refractivity contribution is -0.112. The standard InChI is InChI=1S/C22H24N4O3/c1-14-4-3-5-18(23-14)22(28)24-20-10-16-12-26(25-19(16)11-21(20)29-2)17-8-6-15(13-27)7-9-17/h3-5,10-13,15,17H,6-9H2,1-2H3,(H,24,28)/t15-,17-. The molecule has 7 heteroatoms. The number of aldehydes is 1. The third-order valence-electron chi connectivity index (χ3n) is 5.52. The molecule has 0 unspecified atom stereocenters. The number of ether oxygens (including phenoxy) is 1. The van der Waals surface area contributed by atoms with E-state index in [1.165, 1.54) is 0 Å². The zero-order chi connectivity index (χ0) is 20.4. The summed E-state index contributed by atoms with van der Waals surface area (Å²) in [7, 11) is 1.57. The van der Waals surface area contributed by atoms with Crippen LogP contribution in [-0.4, -0.2) is 34.1 Å². The highest BCUT2D eigenvalue weighted by atomic mass is 16.5. The van der Waals surface area contributed by atoms with Crippen LogP contribution in [0.1, 0.15) is 47.9 Å². The highest BCUT2D eigenvalue weighted by molar-refractivity contribution is 6.05. The third-order valence-corrected chi connectivity index (χ3v) is 5.52. The Bertz CT molecular complexity index is 1050. The quantitative estimate of drug-likeness (QED) is 0.665. The highest BCUT2D eigenvalue weighted by Gasteiger charge is 2.23. The van der Waals surface area contributed by atoms with E-state index in [0.717, 1.165) is 48.6 Å². The average molecular weight is 392 g/mol. The lowest BCUT2D eigenvalue weighted by atomic mass is 9.87. The van der Waals surface area contributed by atoms with Crippen molar-refractivity contribution in [1.82, 2.24) is 14.8 Å². The number of carbonyl (C=O) groups is 2. The summed E-state index contributed by atoms with van der Waals surface area (Å²) in [5.74, 6) is 0.438. The number of fused-ring (bicyclic) bond motifs is 1. The van der Waals surface area contributed by atoms with Gasteiger partial charge in [0.05, 0.1) is 24.4 Å². The fraction of sp³-hybridized carbons (Fsp3) is 0.364. The van der Waals surface area contributed by atoms with Crippen molar-refractivity contribution < 1.29 is 14.3 Å². The lowest BCUT2D eigenvalue weighted by Gasteiger charge is -2.25. The summed E-state index contributed by atoms with van der Waals surface area (Å²) in [6, 6.07) is 9.34. The first-order chi connectivity index (χ1) is 14.1. The van der Waals surface area contributed by atoms with Gasteiger partial charge in [-0.3, -0.25) is 9.48 Å². The van der Waals surface area contributed by atoms with Crippen LogP contribution in [0.5, 0.6) is 5.75 Å². The van der Waals surface area contributed by atoms with E-state index < -0.39 is 0 Å². The van der Waals surface area contributed by atoms with Gasteiger partial charge in [0.15, 0.2) is 0 Å². The maximum Gasteiger partial charge on any atom is 0.274 e. The predicted octanol–water partition coefficient (Wildman–Crippen LogP) is 3.93. The molecule has 3 aromatic rings. The Balaban J connectivity index is 1.60. The van der Waals surface area contributed by atoms with Gasteiger partial charge in [0.25, 0.3) is 5.91 Å². The van der Waals surface area contributed by atoms with E-state index in [-0.39, 0.29) is 11.8 Å². The molecule has 2 heterocycles. The minimum atomic E-state index is -0.286. The van der Waals surface area contributed by atoms with Gasteiger partial charge in [0.1, 0.15) is 17.7 Å². The second-order valence-corrected chi connectivity index (χ2v) is 7.54. The van der Waals surface area contributed by atoms with Gasteiger partial charge in [0.2, 0.25) is 0 Å².